The summed E-state index contributed by atoms with van der Waals surface area (Å²) in [5.41, 5.74) is 3.60. The van der Waals surface area contributed by atoms with E-state index in [1.165, 1.54) is 18.2 Å². The van der Waals surface area contributed by atoms with Gasteiger partial charge in [-0.05, 0) is 49.2 Å². The highest BCUT2D eigenvalue weighted by molar-refractivity contribution is 6.30. The standard InChI is InChI=1S/C20H18ClF3N4O/c1-11-7-14(21)8-12(2)18(11)27-17-10-16(26-19(25-3)28-17)13-5-4-6-15(9-13)29-20(22,23)24/h4-10H,1-3H3,(H2,25,26,27,28). The zero-order chi connectivity index (χ0) is 21.2. The van der Waals surface area contributed by atoms with Crippen LogP contribution in [0, 0.1) is 13.8 Å². The smallest absolute Gasteiger partial charge is 0.406 e. The summed E-state index contributed by atoms with van der Waals surface area (Å²) < 4.78 is 41.6. The van der Waals surface area contributed by atoms with Crippen molar-refractivity contribution in [2.24, 2.45) is 0 Å². The lowest BCUT2D eigenvalue weighted by molar-refractivity contribution is -0.274. The molecular formula is C20H18ClF3N4O. The maximum Gasteiger partial charge on any atom is 0.573 e. The minimum atomic E-state index is -4.77. The van der Waals surface area contributed by atoms with E-state index < -0.39 is 6.36 Å². The second kappa shape index (κ2) is 8.16. The highest BCUT2D eigenvalue weighted by Crippen LogP contribution is 2.31. The van der Waals surface area contributed by atoms with Gasteiger partial charge < -0.3 is 15.4 Å². The molecule has 0 unspecified atom stereocenters. The van der Waals surface area contributed by atoms with E-state index in [9.17, 15) is 13.2 Å². The number of alkyl halides is 3. The average Bonchev–Trinajstić information content (AvgIpc) is 2.63. The number of nitrogens with one attached hydrogen (secondary N) is 2. The number of rotatable bonds is 5. The van der Waals surface area contributed by atoms with E-state index >= 15 is 0 Å². The number of hydrogen-bond donors (Lipinski definition) is 2. The molecule has 29 heavy (non-hydrogen) atoms. The molecule has 152 valence electrons. The molecule has 3 rings (SSSR count). The summed E-state index contributed by atoms with van der Waals surface area (Å²) in [6, 6.07) is 10.9. The van der Waals surface area contributed by atoms with Crippen molar-refractivity contribution in [2.75, 3.05) is 17.7 Å². The highest BCUT2D eigenvalue weighted by atomic mass is 35.5. The van der Waals surface area contributed by atoms with Gasteiger partial charge >= 0.3 is 6.36 Å². The molecule has 0 fully saturated rings. The van der Waals surface area contributed by atoms with Gasteiger partial charge in [0, 0.05) is 29.4 Å². The van der Waals surface area contributed by atoms with Crippen LogP contribution in [0.25, 0.3) is 11.3 Å². The zero-order valence-corrected chi connectivity index (χ0v) is 16.6. The van der Waals surface area contributed by atoms with Crippen LogP contribution in [0.4, 0.5) is 30.6 Å². The second-order valence-corrected chi connectivity index (χ2v) is 6.76. The minimum absolute atomic E-state index is 0.316. The Kier molecular flexibility index (Phi) is 5.83. The van der Waals surface area contributed by atoms with Crippen LogP contribution in [0.1, 0.15) is 11.1 Å². The molecule has 0 aliphatic heterocycles. The predicted octanol–water partition coefficient (Wildman–Crippen LogP) is 6.10. The van der Waals surface area contributed by atoms with Crippen molar-refractivity contribution in [3.05, 3.63) is 58.6 Å². The number of anilines is 3. The lowest BCUT2D eigenvalue weighted by atomic mass is 10.1. The first kappa shape index (κ1) is 20.7. The number of nitrogens with zero attached hydrogens (tertiary/aromatic N) is 2. The molecule has 9 heteroatoms. The third-order valence-corrected chi connectivity index (χ3v) is 4.28. The van der Waals surface area contributed by atoms with Gasteiger partial charge in [-0.25, -0.2) is 4.98 Å². The summed E-state index contributed by atoms with van der Waals surface area (Å²) in [5, 5.41) is 6.74. The number of halogens is 4. The van der Waals surface area contributed by atoms with Gasteiger partial charge in [0.05, 0.1) is 5.69 Å². The fourth-order valence-electron chi connectivity index (χ4n) is 2.86. The number of aromatic nitrogens is 2. The molecule has 0 bridgehead atoms. The van der Waals surface area contributed by atoms with Crippen LogP contribution in [0.2, 0.25) is 5.02 Å². The molecular weight excluding hydrogens is 405 g/mol. The van der Waals surface area contributed by atoms with Gasteiger partial charge in [-0.2, -0.15) is 4.98 Å². The molecule has 0 radical (unpaired) electrons. The molecule has 0 aliphatic carbocycles. The van der Waals surface area contributed by atoms with Crippen molar-refractivity contribution in [1.29, 1.82) is 0 Å². The third kappa shape index (κ3) is 5.29. The van der Waals surface area contributed by atoms with Crippen LogP contribution in [0.15, 0.2) is 42.5 Å². The predicted molar refractivity (Wildman–Crippen MR) is 108 cm³/mol. The van der Waals surface area contributed by atoms with E-state index in [4.69, 9.17) is 11.6 Å². The van der Waals surface area contributed by atoms with E-state index in [1.807, 2.05) is 26.0 Å². The Labute approximate surface area is 170 Å². The Morgan fingerprint density at radius 1 is 1.00 bits per heavy atom. The van der Waals surface area contributed by atoms with Gasteiger partial charge in [-0.1, -0.05) is 23.7 Å². The van der Waals surface area contributed by atoms with Gasteiger partial charge in [0.2, 0.25) is 5.95 Å². The first-order valence-electron chi connectivity index (χ1n) is 8.61. The van der Waals surface area contributed by atoms with Crippen molar-refractivity contribution in [3.63, 3.8) is 0 Å². The third-order valence-electron chi connectivity index (χ3n) is 4.06. The molecule has 0 spiro atoms. The Morgan fingerprint density at radius 3 is 2.31 bits per heavy atom. The first-order valence-corrected chi connectivity index (χ1v) is 8.99. The van der Waals surface area contributed by atoms with Crippen LogP contribution in [-0.2, 0) is 0 Å². The van der Waals surface area contributed by atoms with Crippen molar-refractivity contribution in [2.45, 2.75) is 20.2 Å². The summed E-state index contributed by atoms with van der Waals surface area (Å²) in [4.78, 5) is 8.72. The molecule has 1 heterocycles. The number of hydrogen-bond acceptors (Lipinski definition) is 5. The van der Waals surface area contributed by atoms with Crippen molar-refractivity contribution < 1.29 is 17.9 Å². The van der Waals surface area contributed by atoms with E-state index in [1.54, 1.807) is 19.2 Å². The van der Waals surface area contributed by atoms with E-state index in [0.29, 0.717) is 28.0 Å². The van der Waals surface area contributed by atoms with Gasteiger partial charge in [0.1, 0.15) is 11.6 Å². The molecule has 0 aliphatic rings. The van der Waals surface area contributed by atoms with Crippen LogP contribution in [0.5, 0.6) is 5.75 Å². The monoisotopic (exact) mass is 422 g/mol. The number of benzene rings is 2. The molecule has 0 atom stereocenters. The molecule has 0 saturated heterocycles. The minimum Gasteiger partial charge on any atom is -0.406 e. The topological polar surface area (TPSA) is 59.1 Å². The molecule has 0 amide bonds. The normalized spacial score (nSPS) is 11.3. The summed E-state index contributed by atoms with van der Waals surface area (Å²) in [5.74, 6) is 0.477. The van der Waals surface area contributed by atoms with Crippen LogP contribution >= 0.6 is 11.6 Å². The first-order chi connectivity index (χ1) is 13.6. The van der Waals surface area contributed by atoms with Gasteiger partial charge in [0.15, 0.2) is 0 Å². The Bertz CT molecular complexity index is 1020. The summed E-state index contributed by atoms with van der Waals surface area (Å²) in [6.45, 7) is 3.83. The Hall–Kier alpha value is -3.00. The van der Waals surface area contributed by atoms with Crippen molar-refractivity contribution in [3.8, 4) is 17.0 Å². The van der Waals surface area contributed by atoms with E-state index in [2.05, 4.69) is 25.3 Å². The quantitative estimate of drug-likeness (QED) is 0.520. The summed E-state index contributed by atoms with van der Waals surface area (Å²) >= 11 is 6.08. The fraction of sp³-hybridized carbons (Fsp3) is 0.200. The fourth-order valence-corrected chi connectivity index (χ4v) is 3.19. The van der Waals surface area contributed by atoms with E-state index in [-0.39, 0.29) is 5.75 Å². The summed E-state index contributed by atoms with van der Waals surface area (Å²) in [6.07, 6.45) is -4.77. The molecule has 0 saturated carbocycles. The lowest BCUT2D eigenvalue weighted by Crippen LogP contribution is -2.17. The maximum absolute atomic E-state index is 12.5. The largest absolute Gasteiger partial charge is 0.573 e. The molecule has 2 aromatic carbocycles. The zero-order valence-electron chi connectivity index (χ0n) is 15.9. The maximum atomic E-state index is 12.5. The van der Waals surface area contributed by atoms with Crippen molar-refractivity contribution in [1.82, 2.24) is 9.97 Å². The number of aryl methyl sites for hydroxylation is 2. The highest BCUT2D eigenvalue weighted by Gasteiger charge is 2.31. The SMILES string of the molecule is CNc1nc(Nc2c(C)cc(Cl)cc2C)cc(-c2cccc(OC(F)(F)F)c2)n1. The van der Waals surface area contributed by atoms with Gasteiger partial charge in [0.25, 0.3) is 0 Å². The van der Waals surface area contributed by atoms with Crippen LogP contribution < -0.4 is 15.4 Å². The molecule has 5 nitrogen and oxygen atoms in total. The van der Waals surface area contributed by atoms with Crippen molar-refractivity contribution >= 4 is 29.1 Å². The van der Waals surface area contributed by atoms with Gasteiger partial charge in [-0.3, -0.25) is 0 Å². The Balaban J connectivity index is 1.99. The van der Waals surface area contributed by atoms with Gasteiger partial charge in [-0.15, -0.1) is 13.2 Å². The lowest BCUT2D eigenvalue weighted by Gasteiger charge is -2.15. The molecule has 2 N–H and O–H groups in total. The average molecular weight is 423 g/mol. The van der Waals surface area contributed by atoms with E-state index in [0.717, 1.165) is 16.8 Å². The Morgan fingerprint density at radius 2 is 1.69 bits per heavy atom. The van der Waals surface area contributed by atoms with Crippen LogP contribution in [0.3, 0.4) is 0 Å². The molecule has 1 aromatic heterocycles. The summed E-state index contributed by atoms with van der Waals surface area (Å²) in [7, 11) is 1.66. The number of ether oxygens (including phenoxy) is 1. The molecule has 3 aromatic rings. The second-order valence-electron chi connectivity index (χ2n) is 6.33. The van der Waals surface area contributed by atoms with Crippen LogP contribution in [-0.4, -0.2) is 23.4 Å².